The molecule has 18 heavy (non-hydrogen) atoms. The second kappa shape index (κ2) is 5.52. The van der Waals surface area contributed by atoms with E-state index >= 15 is 0 Å². The highest BCUT2D eigenvalue weighted by molar-refractivity contribution is 5.85. The number of aliphatic carboxylic acids is 1. The smallest absolute Gasteiger partial charge is 0.320 e. The molecular formula is C12H17N3O3. The fourth-order valence-electron chi connectivity index (χ4n) is 1.78. The summed E-state index contributed by atoms with van der Waals surface area (Å²) in [7, 11) is 1.59. The Morgan fingerprint density at radius 3 is 2.89 bits per heavy atom. The van der Waals surface area contributed by atoms with E-state index in [4.69, 9.17) is 15.6 Å². The van der Waals surface area contributed by atoms with Gasteiger partial charge in [0.05, 0.1) is 7.11 Å². The largest absolute Gasteiger partial charge is 0.497 e. The summed E-state index contributed by atoms with van der Waals surface area (Å²) >= 11 is 0. The predicted molar refractivity (Wildman–Crippen MR) is 69.2 cm³/mol. The summed E-state index contributed by atoms with van der Waals surface area (Å²) in [5.74, 6) is -0.260. The molecule has 98 valence electrons. The van der Waals surface area contributed by atoms with Gasteiger partial charge in [-0.3, -0.25) is 4.79 Å². The number of ether oxygens (including phenoxy) is 1. The summed E-state index contributed by atoms with van der Waals surface area (Å²) in [5.41, 5.74) is 7.35. The van der Waals surface area contributed by atoms with Crippen molar-refractivity contribution in [2.24, 2.45) is 5.73 Å². The van der Waals surface area contributed by atoms with Crippen LogP contribution in [0.4, 0.5) is 0 Å². The minimum absolute atomic E-state index is 0. The summed E-state index contributed by atoms with van der Waals surface area (Å²) in [5, 5.41) is 9.74. The van der Waals surface area contributed by atoms with Gasteiger partial charge in [-0.25, -0.2) is 0 Å². The van der Waals surface area contributed by atoms with E-state index in [1.807, 2.05) is 18.2 Å². The van der Waals surface area contributed by atoms with Gasteiger partial charge in [0.1, 0.15) is 11.8 Å². The number of aromatic nitrogens is 1. The molecule has 0 aliphatic rings. The van der Waals surface area contributed by atoms with Crippen molar-refractivity contribution >= 4 is 16.9 Å². The molecule has 0 aliphatic carbocycles. The van der Waals surface area contributed by atoms with E-state index in [1.54, 1.807) is 13.3 Å². The van der Waals surface area contributed by atoms with Gasteiger partial charge in [-0.1, -0.05) is 0 Å². The van der Waals surface area contributed by atoms with Crippen molar-refractivity contribution in [1.82, 2.24) is 11.1 Å². The van der Waals surface area contributed by atoms with Crippen molar-refractivity contribution in [3.63, 3.8) is 0 Å². The van der Waals surface area contributed by atoms with Crippen LogP contribution in [0.25, 0.3) is 10.9 Å². The number of hydrogen-bond acceptors (Lipinski definition) is 4. The van der Waals surface area contributed by atoms with Crippen molar-refractivity contribution in [1.29, 1.82) is 0 Å². The average molecular weight is 251 g/mol. The lowest BCUT2D eigenvalue weighted by molar-refractivity contribution is -0.138. The summed E-state index contributed by atoms with van der Waals surface area (Å²) in [4.78, 5) is 13.8. The second-order valence-corrected chi connectivity index (χ2v) is 3.87. The summed E-state index contributed by atoms with van der Waals surface area (Å²) < 4.78 is 5.14. The van der Waals surface area contributed by atoms with Crippen LogP contribution in [0.3, 0.4) is 0 Å². The Balaban J connectivity index is 0.00000162. The van der Waals surface area contributed by atoms with Crippen molar-refractivity contribution in [2.75, 3.05) is 7.11 Å². The molecular weight excluding hydrogens is 234 g/mol. The predicted octanol–water partition coefficient (Wildman–Crippen LogP) is 1.29. The van der Waals surface area contributed by atoms with E-state index in [1.165, 1.54) is 0 Å². The number of nitrogens with two attached hydrogens (primary N) is 1. The number of carboxylic acids is 1. The highest BCUT2D eigenvalue weighted by Gasteiger charge is 2.15. The number of rotatable bonds is 4. The number of methoxy groups -OCH3 is 1. The lowest BCUT2D eigenvalue weighted by Gasteiger charge is -2.05. The van der Waals surface area contributed by atoms with Crippen LogP contribution in [-0.4, -0.2) is 29.2 Å². The lowest BCUT2D eigenvalue weighted by Crippen LogP contribution is -2.32. The van der Waals surface area contributed by atoms with Crippen LogP contribution in [0.5, 0.6) is 5.75 Å². The number of carbonyl (C=O) groups is 1. The van der Waals surface area contributed by atoms with E-state index in [0.717, 1.165) is 22.2 Å². The zero-order valence-electron chi connectivity index (χ0n) is 10.1. The molecule has 0 fully saturated rings. The van der Waals surface area contributed by atoms with Gasteiger partial charge >= 0.3 is 5.97 Å². The molecule has 1 aromatic carbocycles. The molecule has 0 bridgehead atoms. The Hall–Kier alpha value is -2.05. The lowest BCUT2D eigenvalue weighted by atomic mass is 10.1. The van der Waals surface area contributed by atoms with Crippen molar-refractivity contribution in [2.45, 2.75) is 12.5 Å². The third kappa shape index (κ3) is 2.61. The molecule has 1 aromatic heterocycles. The molecule has 0 spiro atoms. The van der Waals surface area contributed by atoms with Crippen molar-refractivity contribution < 1.29 is 14.6 Å². The topological polar surface area (TPSA) is 123 Å². The number of hydrogen-bond donors (Lipinski definition) is 4. The van der Waals surface area contributed by atoms with E-state index in [0.29, 0.717) is 6.42 Å². The van der Waals surface area contributed by atoms with Crippen LogP contribution in [0.2, 0.25) is 0 Å². The summed E-state index contributed by atoms with van der Waals surface area (Å²) in [6.07, 6.45) is 2.08. The molecule has 1 heterocycles. The van der Waals surface area contributed by atoms with Crippen LogP contribution in [0.1, 0.15) is 5.56 Å². The number of carboxylic acid groups (broad SMARTS) is 1. The van der Waals surface area contributed by atoms with Crippen molar-refractivity contribution in [3.8, 4) is 5.75 Å². The Labute approximate surface area is 104 Å². The third-order valence-electron chi connectivity index (χ3n) is 2.73. The molecule has 1 unspecified atom stereocenters. The van der Waals surface area contributed by atoms with E-state index in [2.05, 4.69) is 4.98 Å². The number of fused-ring (bicyclic) bond motifs is 1. The summed E-state index contributed by atoms with van der Waals surface area (Å²) in [6.45, 7) is 0. The van der Waals surface area contributed by atoms with Gasteiger partial charge in [0.15, 0.2) is 0 Å². The molecule has 1 atom stereocenters. The fourth-order valence-corrected chi connectivity index (χ4v) is 1.78. The highest BCUT2D eigenvalue weighted by atomic mass is 16.5. The second-order valence-electron chi connectivity index (χ2n) is 3.87. The number of nitrogens with one attached hydrogen (secondary N) is 1. The van der Waals surface area contributed by atoms with Crippen LogP contribution in [0, 0.1) is 0 Å². The molecule has 6 heteroatoms. The highest BCUT2D eigenvalue weighted by Crippen LogP contribution is 2.24. The van der Waals surface area contributed by atoms with E-state index in [-0.39, 0.29) is 6.15 Å². The number of benzene rings is 1. The number of aromatic amines is 1. The molecule has 0 aliphatic heterocycles. The SMILES string of the molecule is COc1ccc2[nH]cc(CC(N)C(=O)O)c2c1.N. The Bertz CT molecular complexity index is 550. The maximum atomic E-state index is 10.7. The monoisotopic (exact) mass is 251 g/mol. The van der Waals surface area contributed by atoms with Crippen LogP contribution >= 0.6 is 0 Å². The normalized spacial score (nSPS) is 11.9. The van der Waals surface area contributed by atoms with Gasteiger partial charge in [-0.2, -0.15) is 0 Å². The molecule has 7 N–H and O–H groups in total. The third-order valence-corrected chi connectivity index (χ3v) is 2.73. The van der Waals surface area contributed by atoms with Gasteiger partial charge in [-0.15, -0.1) is 0 Å². The standard InChI is InChI=1S/C12H14N2O3.H3N/c1-17-8-2-3-11-9(5-8)7(6-14-11)4-10(13)12(15)16;/h2-3,5-6,10,14H,4,13H2,1H3,(H,15,16);1H3. The maximum absolute atomic E-state index is 10.7. The summed E-state index contributed by atoms with van der Waals surface area (Å²) in [6, 6.07) is 4.72. The van der Waals surface area contributed by atoms with Crippen LogP contribution in [0.15, 0.2) is 24.4 Å². The van der Waals surface area contributed by atoms with E-state index in [9.17, 15) is 4.79 Å². The molecule has 0 amide bonds. The molecule has 2 rings (SSSR count). The first-order valence-electron chi connectivity index (χ1n) is 5.24. The minimum atomic E-state index is -0.998. The van der Waals surface area contributed by atoms with Crippen molar-refractivity contribution in [3.05, 3.63) is 30.0 Å². The number of H-pyrrole nitrogens is 1. The molecule has 0 radical (unpaired) electrons. The van der Waals surface area contributed by atoms with Gasteiger partial charge in [0, 0.05) is 23.5 Å². The van der Waals surface area contributed by atoms with Crippen LogP contribution in [-0.2, 0) is 11.2 Å². The molecule has 0 saturated heterocycles. The first-order chi connectivity index (χ1) is 8.11. The first kappa shape index (κ1) is 14.0. The first-order valence-corrected chi connectivity index (χ1v) is 5.24. The Kier molecular flexibility index (Phi) is 4.30. The fraction of sp³-hybridized carbons (Fsp3) is 0.250. The zero-order valence-corrected chi connectivity index (χ0v) is 10.1. The minimum Gasteiger partial charge on any atom is -0.497 e. The maximum Gasteiger partial charge on any atom is 0.320 e. The molecule has 2 aromatic rings. The van der Waals surface area contributed by atoms with Gasteiger partial charge in [0.25, 0.3) is 0 Å². The van der Waals surface area contributed by atoms with Gasteiger partial charge in [-0.05, 0) is 23.8 Å². The zero-order chi connectivity index (χ0) is 12.4. The van der Waals surface area contributed by atoms with Gasteiger partial charge in [0.2, 0.25) is 0 Å². The van der Waals surface area contributed by atoms with E-state index < -0.39 is 12.0 Å². The Morgan fingerprint density at radius 2 is 2.28 bits per heavy atom. The average Bonchev–Trinajstić information content (AvgIpc) is 2.71. The van der Waals surface area contributed by atoms with Crippen LogP contribution < -0.4 is 16.6 Å². The molecule has 0 saturated carbocycles. The van der Waals surface area contributed by atoms with Gasteiger partial charge < -0.3 is 26.7 Å². The Morgan fingerprint density at radius 1 is 1.56 bits per heavy atom. The quantitative estimate of drug-likeness (QED) is 0.652. The molecule has 6 nitrogen and oxygen atoms in total.